The number of aromatic nitrogens is 2. The lowest BCUT2D eigenvalue weighted by Crippen LogP contribution is -2.34. The Morgan fingerprint density at radius 2 is 2.12 bits per heavy atom. The summed E-state index contributed by atoms with van der Waals surface area (Å²) in [5.41, 5.74) is 3.58. The number of likely N-dealkylation sites (tertiary alicyclic amines) is 1. The van der Waals surface area contributed by atoms with Gasteiger partial charge in [-0.2, -0.15) is 5.10 Å². The number of urea groups is 1. The van der Waals surface area contributed by atoms with Crippen LogP contribution < -0.4 is 5.32 Å². The highest BCUT2D eigenvalue weighted by Crippen LogP contribution is 2.26. The first kappa shape index (κ1) is 16.0. The summed E-state index contributed by atoms with van der Waals surface area (Å²) in [6.45, 7) is 2.64. The normalized spacial score (nSPS) is 17.1. The van der Waals surface area contributed by atoms with Gasteiger partial charge in [0.2, 0.25) is 0 Å². The first-order chi connectivity index (χ1) is 11.5. The van der Waals surface area contributed by atoms with Crippen molar-refractivity contribution in [2.24, 2.45) is 13.0 Å². The number of carbonyl (C=O) groups excluding carboxylic acids is 1. The predicted molar refractivity (Wildman–Crippen MR) is 89.7 cm³/mol. The smallest absolute Gasteiger partial charge is 0.321 e. The number of rotatable bonds is 3. The summed E-state index contributed by atoms with van der Waals surface area (Å²) in [5, 5.41) is 16.1. The molecule has 0 saturated carbocycles. The summed E-state index contributed by atoms with van der Waals surface area (Å²) in [6, 6.07) is 7.49. The molecular formula is C17H20N4O3. The van der Waals surface area contributed by atoms with E-state index < -0.39 is 11.9 Å². The standard InChI is InChI=1S/C17H20N4O3/c1-11-3-4-12(15-5-7-18-20(15)2)9-14(11)19-17(24)21-8-6-13(10-21)16(22)23/h3-5,7,9,13H,6,8,10H2,1-2H3,(H,19,24)(H,22,23). The van der Waals surface area contributed by atoms with Gasteiger partial charge >= 0.3 is 12.0 Å². The molecule has 0 radical (unpaired) electrons. The molecule has 1 fully saturated rings. The van der Waals surface area contributed by atoms with Crippen molar-refractivity contribution >= 4 is 17.7 Å². The molecule has 1 aliphatic heterocycles. The van der Waals surface area contributed by atoms with E-state index >= 15 is 0 Å². The van der Waals surface area contributed by atoms with Crippen LogP contribution in [0.25, 0.3) is 11.3 Å². The van der Waals surface area contributed by atoms with Gasteiger partial charge in [-0.15, -0.1) is 0 Å². The van der Waals surface area contributed by atoms with Crippen molar-refractivity contribution in [1.29, 1.82) is 0 Å². The van der Waals surface area contributed by atoms with Gasteiger partial charge in [-0.25, -0.2) is 4.79 Å². The van der Waals surface area contributed by atoms with Crippen LogP contribution in [-0.2, 0) is 11.8 Å². The third-order valence-corrected chi connectivity index (χ3v) is 4.42. The highest BCUT2D eigenvalue weighted by atomic mass is 16.4. The van der Waals surface area contributed by atoms with Gasteiger partial charge in [0.05, 0.1) is 11.6 Å². The second-order valence-electron chi connectivity index (χ2n) is 6.07. The van der Waals surface area contributed by atoms with Crippen LogP contribution in [0.15, 0.2) is 30.5 Å². The van der Waals surface area contributed by atoms with Crippen molar-refractivity contribution in [3.63, 3.8) is 0 Å². The minimum atomic E-state index is -0.848. The third kappa shape index (κ3) is 3.10. The molecule has 1 unspecified atom stereocenters. The molecule has 1 aliphatic rings. The van der Waals surface area contributed by atoms with Crippen LogP contribution in [0.3, 0.4) is 0 Å². The van der Waals surface area contributed by atoms with E-state index in [4.69, 9.17) is 5.11 Å². The topological polar surface area (TPSA) is 87.5 Å². The van der Waals surface area contributed by atoms with Gasteiger partial charge in [-0.3, -0.25) is 9.48 Å². The second-order valence-corrected chi connectivity index (χ2v) is 6.07. The summed E-state index contributed by atoms with van der Waals surface area (Å²) >= 11 is 0. The number of hydrogen-bond acceptors (Lipinski definition) is 3. The van der Waals surface area contributed by atoms with Gasteiger partial charge in [0.25, 0.3) is 0 Å². The zero-order valence-corrected chi connectivity index (χ0v) is 13.7. The van der Waals surface area contributed by atoms with Crippen molar-refractivity contribution in [1.82, 2.24) is 14.7 Å². The van der Waals surface area contributed by atoms with Crippen LogP contribution in [0.4, 0.5) is 10.5 Å². The van der Waals surface area contributed by atoms with Gasteiger partial charge in [0, 0.05) is 37.6 Å². The lowest BCUT2D eigenvalue weighted by atomic mass is 10.1. The van der Waals surface area contributed by atoms with E-state index in [2.05, 4.69) is 10.4 Å². The maximum atomic E-state index is 12.4. The van der Waals surface area contributed by atoms with Crippen LogP contribution >= 0.6 is 0 Å². The summed E-state index contributed by atoms with van der Waals surface area (Å²) < 4.78 is 1.77. The third-order valence-electron chi connectivity index (χ3n) is 4.42. The highest BCUT2D eigenvalue weighted by Gasteiger charge is 2.31. The van der Waals surface area contributed by atoms with Crippen molar-refractivity contribution < 1.29 is 14.7 Å². The zero-order valence-electron chi connectivity index (χ0n) is 13.7. The quantitative estimate of drug-likeness (QED) is 0.905. The molecule has 0 aliphatic carbocycles. The maximum absolute atomic E-state index is 12.4. The molecule has 3 rings (SSSR count). The van der Waals surface area contributed by atoms with Crippen molar-refractivity contribution in [3.05, 3.63) is 36.0 Å². The molecule has 1 saturated heterocycles. The lowest BCUT2D eigenvalue weighted by molar-refractivity contribution is -0.141. The molecular weight excluding hydrogens is 308 g/mol. The van der Waals surface area contributed by atoms with Crippen molar-refractivity contribution in [2.45, 2.75) is 13.3 Å². The zero-order chi connectivity index (χ0) is 17.3. The summed E-state index contributed by atoms with van der Waals surface area (Å²) in [6.07, 6.45) is 2.22. The Balaban J connectivity index is 1.76. The number of aliphatic carboxylic acids is 1. The number of amides is 2. The number of carboxylic acid groups (broad SMARTS) is 1. The molecule has 2 amide bonds. The number of benzene rings is 1. The highest BCUT2D eigenvalue weighted by molar-refractivity contribution is 5.91. The van der Waals surface area contributed by atoms with Gasteiger partial charge < -0.3 is 15.3 Å². The average Bonchev–Trinajstić information content (AvgIpc) is 3.18. The van der Waals surface area contributed by atoms with E-state index in [1.807, 2.05) is 38.2 Å². The first-order valence-electron chi connectivity index (χ1n) is 7.83. The number of nitrogens with zero attached hydrogens (tertiary/aromatic N) is 3. The Morgan fingerprint density at radius 1 is 1.33 bits per heavy atom. The number of carboxylic acids is 1. The predicted octanol–water partition coefficient (Wildman–Crippen LogP) is 2.33. The Morgan fingerprint density at radius 3 is 2.75 bits per heavy atom. The monoisotopic (exact) mass is 328 g/mol. The molecule has 1 atom stereocenters. The van der Waals surface area contributed by atoms with Crippen LogP contribution in [0, 0.1) is 12.8 Å². The number of hydrogen-bond donors (Lipinski definition) is 2. The molecule has 7 nitrogen and oxygen atoms in total. The van der Waals surface area contributed by atoms with Gasteiger partial charge in [-0.1, -0.05) is 12.1 Å². The van der Waals surface area contributed by atoms with E-state index in [1.165, 1.54) is 0 Å². The van der Waals surface area contributed by atoms with E-state index in [-0.39, 0.29) is 12.6 Å². The Kier molecular flexibility index (Phi) is 4.24. The second kappa shape index (κ2) is 6.35. The van der Waals surface area contributed by atoms with Gasteiger partial charge in [-0.05, 0) is 31.0 Å². The van der Waals surface area contributed by atoms with E-state index in [0.29, 0.717) is 13.0 Å². The number of carbonyl (C=O) groups is 2. The van der Waals surface area contributed by atoms with Crippen LogP contribution in [0.1, 0.15) is 12.0 Å². The summed E-state index contributed by atoms with van der Waals surface area (Å²) in [4.78, 5) is 25.0. The molecule has 2 heterocycles. The maximum Gasteiger partial charge on any atom is 0.321 e. The fourth-order valence-corrected chi connectivity index (χ4v) is 2.91. The van der Waals surface area contributed by atoms with Crippen LogP contribution in [0.2, 0.25) is 0 Å². The lowest BCUT2D eigenvalue weighted by Gasteiger charge is -2.18. The van der Waals surface area contributed by atoms with Crippen molar-refractivity contribution in [3.8, 4) is 11.3 Å². The Bertz CT molecular complexity index is 784. The molecule has 1 aromatic heterocycles. The van der Waals surface area contributed by atoms with E-state index in [9.17, 15) is 9.59 Å². The summed E-state index contributed by atoms with van der Waals surface area (Å²) in [5.74, 6) is -1.32. The van der Waals surface area contributed by atoms with Gasteiger partial charge in [0.15, 0.2) is 0 Å². The van der Waals surface area contributed by atoms with Crippen LogP contribution in [-0.4, -0.2) is 44.9 Å². The van der Waals surface area contributed by atoms with Gasteiger partial charge in [0.1, 0.15) is 0 Å². The van der Waals surface area contributed by atoms with Crippen LogP contribution in [0.5, 0.6) is 0 Å². The minimum Gasteiger partial charge on any atom is -0.481 e. The summed E-state index contributed by atoms with van der Waals surface area (Å²) in [7, 11) is 1.86. The molecule has 24 heavy (non-hydrogen) atoms. The largest absolute Gasteiger partial charge is 0.481 e. The Hall–Kier alpha value is -2.83. The minimum absolute atomic E-state index is 0.252. The SMILES string of the molecule is Cc1ccc(-c2ccnn2C)cc1NC(=O)N1CCC(C(=O)O)C1. The number of anilines is 1. The van der Waals surface area contributed by atoms with E-state index in [0.717, 1.165) is 22.5 Å². The van der Waals surface area contributed by atoms with Crippen molar-refractivity contribution in [2.75, 3.05) is 18.4 Å². The molecule has 126 valence electrons. The Labute approximate surface area is 139 Å². The molecule has 2 aromatic rings. The molecule has 7 heteroatoms. The first-order valence-corrected chi connectivity index (χ1v) is 7.83. The van der Waals surface area contributed by atoms with E-state index in [1.54, 1.807) is 15.8 Å². The molecule has 1 aromatic carbocycles. The molecule has 2 N–H and O–H groups in total. The molecule has 0 bridgehead atoms. The fraction of sp³-hybridized carbons (Fsp3) is 0.353. The number of aryl methyl sites for hydroxylation is 2. The average molecular weight is 328 g/mol. The number of nitrogens with one attached hydrogen (secondary N) is 1. The fourth-order valence-electron chi connectivity index (χ4n) is 2.91. The molecule has 0 spiro atoms.